The number of hydrogen-bond donors (Lipinski definition) is 2. The van der Waals surface area contributed by atoms with E-state index in [1.165, 1.54) is 12.1 Å². The molecule has 0 aromatic heterocycles. The maximum absolute atomic E-state index is 10.7. The minimum absolute atomic E-state index is 0.122. The summed E-state index contributed by atoms with van der Waals surface area (Å²) >= 11 is 5.48. The van der Waals surface area contributed by atoms with E-state index in [2.05, 4.69) is 4.99 Å². The Labute approximate surface area is 92.4 Å². The molecular formula is C10H11ClN2O2. The quantitative estimate of drug-likeness (QED) is 0.470. The average Bonchev–Trinajstić information content (AvgIpc) is 2.20. The number of benzene rings is 1. The van der Waals surface area contributed by atoms with Crippen molar-refractivity contribution in [3.63, 3.8) is 0 Å². The van der Waals surface area contributed by atoms with Crippen LogP contribution in [0.15, 0.2) is 23.2 Å². The lowest BCUT2D eigenvalue weighted by molar-refractivity contribution is 0.0697. The van der Waals surface area contributed by atoms with E-state index in [1.54, 1.807) is 6.07 Å². The number of halogens is 1. The van der Waals surface area contributed by atoms with Crippen LogP contribution in [0, 0.1) is 6.92 Å². The van der Waals surface area contributed by atoms with Gasteiger partial charge in [0.2, 0.25) is 0 Å². The van der Waals surface area contributed by atoms with Gasteiger partial charge in [-0.15, -0.1) is 11.6 Å². The molecule has 0 saturated carbocycles. The Balaban J connectivity index is 3.17. The Kier molecular flexibility index (Phi) is 3.68. The predicted octanol–water partition coefficient (Wildman–Crippen LogP) is 1.92. The van der Waals surface area contributed by atoms with Crippen molar-refractivity contribution in [3.05, 3.63) is 29.3 Å². The van der Waals surface area contributed by atoms with Crippen molar-refractivity contribution in [2.75, 3.05) is 5.88 Å². The van der Waals surface area contributed by atoms with Gasteiger partial charge in [-0.2, -0.15) is 0 Å². The van der Waals surface area contributed by atoms with Gasteiger partial charge in [0, 0.05) is 0 Å². The van der Waals surface area contributed by atoms with Crippen LogP contribution in [0.1, 0.15) is 15.9 Å². The van der Waals surface area contributed by atoms with E-state index < -0.39 is 5.97 Å². The zero-order chi connectivity index (χ0) is 11.4. The largest absolute Gasteiger partial charge is 0.478 e. The summed E-state index contributed by atoms with van der Waals surface area (Å²) in [6.45, 7) is 1.83. The normalized spacial score (nSPS) is 11.5. The summed E-state index contributed by atoms with van der Waals surface area (Å²) in [4.78, 5) is 14.7. The second-order valence-electron chi connectivity index (χ2n) is 3.04. The number of rotatable bonds is 3. The first-order valence-electron chi connectivity index (χ1n) is 4.27. The van der Waals surface area contributed by atoms with Crippen molar-refractivity contribution in [1.29, 1.82) is 0 Å². The van der Waals surface area contributed by atoms with Crippen LogP contribution in [-0.2, 0) is 0 Å². The Morgan fingerprint density at radius 2 is 2.27 bits per heavy atom. The summed E-state index contributed by atoms with van der Waals surface area (Å²) in [5.41, 5.74) is 7.04. The molecule has 0 unspecified atom stereocenters. The molecule has 1 rings (SSSR count). The number of amidine groups is 1. The molecule has 0 spiro atoms. The maximum Gasteiger partial charge on any atom is 0.335 e. The molecule has 0 heterocycles. The Morgan fingerprint density at radius 1 is 1.60 bits per heavy atom. The zero-order valence-electron chi connectivity index (χ0n) is 8.20. The number of nitrogens with zero attached hydrogens (tertiary/aromatic N) is 1. The predicted molar refractivity (Wildman–Crippen MR) is 60.1 cm³/mol. The summed E-state index contributed by atoms with van der Waals surface area (Å²) < 4.78 is 0. The highest BCUT2D eigenvalue weighted by molar-refractivity contribution is 6.28. The number of carboxylic acid groups (broad SMARTS) is 1. The van der Waals surface area contributed by atoms with Crippen molar-refractivity contribution in [2.24, 2.45) is 10.7 Å². The molecule has 5 heteroatoms. The topological polar surface area (TPSA) is 75.7 Å². The van der Waals surface area contributed by atoms with Gasteiger partial charge < -0.3 is 10.8 Å². The van der Waals surface area contributed by atoms with Crippen LogP contribution in [-0.4, -0.2) is 22.8 Å². The van der Waals surface area contributed by atoms with Crippen molar-refractivity contribution in [3.8, 4) is 0 Å². The molecule has 0 atom stereocenters. The SMILES string of the molecule is Cc1ccc(C(=O)O)cc1N=C(N)CCl. The Hall–Kier alpha value is -1.55. The summed E-state index contributed by atoms with van der Waals surface area (Å²) in [5, 5.41) is 8.79. The van der Waals surface area contributed by atoms with Gasteiger partial charge in [-0.1, -0.05) is 6.07 Å². The third-order valence-electron chi connectivity index (χ3n) is 1.86. The van der Waals surface area contributed by atoms with Crippen LogP contribution < -0.4 is 5.73 Å². The minimum atomic E-state index is -0.990. The second kappa shape index (κ2) is 4.79. The van der Waals surface area contributed by atoms with Crippen molar-refractivity contribution in [2.45, 2.75) is 6.92 Å². The molecular weight excluding hydrogens is 216 g/mol. The molecule has 0 aliphatic carbocycles. The van der Waals surface area contributed by atoms with Gasteiger partial charge in [0.25, 0.3) is 0 Å². The fraction of sp³-hybridized carbons (Fsp3) is 0.200. The summed E-state index contributed by atoms with van der Waals surface area (Å²) in [6, 6.07) is 4.68. The number of carboxylic acids is 1. The average molecular weight is 227 g/mol. The van der Waals surface area contributed by atoms with Crippen LogP contribution in [0.25, 0.3) is 0 Å². The first-order chi connectivity index (χ1) is 7.04. The second-order valence-corrected chi connectivity index (χ2v) is 3.31. The van der Waals surface area contributed by atoms with E-state index in [0.29, 0.717) is 5.69 Å². The maximum atomic E-state index is 10.7. The fourth-order valence-electron chi connectivity index (χ4n) is 1.05. The number of nitrogens with two attached hydrogens (primary N) is 1. The van der Waals surface area contributed by atoms with E-state index in [-0.39, 0.29) is 17.3 Å². The molecule has 4 nitrogen and oxygen atoms in total. The standard InChI is InChI=1S/C10H11ClN2O2/c1-6-2-3-7(10(14)15)4-8(6)13-9(12)5-11/h2-4H,5H2,1H3,(H2,12,13)(H,14,15). The van der Waals surface area contributed by atoms with Gasteiger partial charge in [0.15, 0.2) is 0 Å². The van der Waals surface area contributed by atoms with Crippen LogP contribution in [0.2, 0.25) is 0 Å². The van der Waals surface area contributed by atoms with Gasteiger partial charge in [-0.25, -0.2) is 9.79 Å². The highest BCUT2D eigenvalue weighted by Crippen LogP contribution is 2.20. The fourth-order valence-corrected chi connectivity index (χ4v) is 1.11. The Bertz CT molecular complexity index is 416. The van der Waals surface area contributed by atoms with E-state index in [0.717, 1.165) is 5.56 Å². The highest BCUT2D eigenvalue weighted by Gasteiger charge is 2.05. The van der Waals surface area contributed by atoms with Gasteiger partial charge in [0.1, 0.15) is 5.84 Å². The van der Waals surface area contributed by atoms with Gasteiger partial charge in [-0.05, 0) is 24.6 Å². The highest BCUT2D eigenvalue weighted by atomic mass is 35.5. The van der Waals surface area contributed by atoms with Crippen LogP contribution in [0.4, 0.5) is 5.69 Å². The molecule has 0 amide bonds. The molecule has 0 aliphatic heterocycles. The molecule has 0 radical (unpaired) electrons. The van der Waals surface area contributed by atoms with E-state index >= 15 is 0 Å². The molecule has 1 aromatic rings. The first-order valence-corrected chi connectivity index (χ1v) is 4.81. The summed E-state index contributed by atoms with van der Waals surface area (Å²) in [5.74, 6) is -0.602. The van der Waals surface area contributed by atoms with Crippen LogP contribution >= 0.6 is 11.6 Å². The lowest BCUT2D eigenvalue weighted by atomic mass is 10.1. The van der Waals surface area contributed by atoms with Gasteiger partial charge in [-0.3, -0.25) is 0 Å². The third-order valence-corrected chi connectivity index (χ3v) is 2.13. The first kappa shape index (κ1) is 11.5. The van der Waals surface area contributed by atoms with Gasteiger partial charge >= 0.3 is 5.97 Å². The number of hydrogen-bond acceptors (Lipinski definition) is 2. The molecule has 0 bridgehead atoms. The zero-order valence-corrected chi connectivity index (χ0v) is 8.95. The van der Waals surface area contributed by atoms with E-state index in [9.17, 15) is 4.79 Å². The van der Waals surface area contributed by atoms with Gasteiger partial charge in [0.05, 0.1) is 17.1 Å². The number of carbonyl (C=O) groups is 1. The van der Waals surface area contributed by atoms with Crippen molar-refractivity contribution in [1.82, 2.24) is 0 Å². The lowest BCUT2D eigenvalue weighted by Crippen LogP contribution is -2.12. The molecule has 15 heavy (non-hydrogen) atoms. The molecule has 1 aromatic carbocycles. The number of aliphatic imine (C=N–C) groups is 1. The minimum Gasteiger partial charge on any atom is -0.478 e. The number of alkyl halides is 1. The Morgan fingerprint density at radius 3 is 2.80 bits per heavy atom. The van der Waals surface area contributed by atoms with Crippen molar-refractivity contribution >= 4 is 29.1 Å². The number of aryl methyl sites for hydroxylation is 1. The van der Waals surface area contributed by atoms with Crippen molar-refractivity contribution < 1.29 is 9.90 Å². The molecule has 0 aliphatic rings. The molecule has 0 saturated heterocycles. The van der Waals surface area contributed by atoms with E-state index in [1.807, 2.05) is 6.92 Å². The van der Waals surface area contributed by atoms with E-state index in [4.69, 9.17) is 22.4 Å². The molecule has 3 N–H and O–H groups in total. The molecule has 80 valence electrons. The van der Waals surface area contributed by atoms with Crippen LogP contribution in [0.3, 0.4) is 0 Å². The van der Waals surface area contributed by atoms with Crippen LogP contribution in [0.5, 0.6) is 0 Å². The monoisotopic (exact) mass is 226 g/mol. The summed E-state index contributed by atoms with van der Waals surface area (Å²) in [6.07, 6.45) is 0. The smallest absolute Gasteiger partial charge is 0.335 e. The summed E-state index contributed by atoms with van der Waals surface area (Å²) in [7, 11) is 0. The molecule has 0 fully saturated rings. The third kappa shape index (κ3) is 2.95. The number of aromatic carboxylic acids is 1. The lowest BCUT2D eigenvalue weighted by Gasteiger charge is -2.02.